The molecule has 1 aliphatic heterocycles. The summed E-state index contributed by atoms with van der Waals surface area (Å²) in [5.74, 6) is 1.58. The third-order valence-electron chi connectivity index (χ3n) is 6.32. The van der Waals surface area contributed by atoms with Crippen molar-refractivity contribution in [3.05, 3.63) is 0 Å². The first-order valence-corrected chi connectivity index (χ1v) is 11.6. The lowest BCUT2D eigenvalue weighted by Gasteiger charge is -2.36. The van der Waals surface area contributed by atoms with Crippen LogP contribution in [-0.4, -0.2) is 98.1 Å². The summed E-state index contributed by atoms with van der Waals surface area (Å²) in [7, 11) is 1.82. The van der Waals surface area contributed by atoms with Gasteiger partial charge in [-0.25, -0.2) is 0 Å². The molecule has 2 rings (SSSR count). The van der Waals surface area contributed by atoms with Crippen LogP contribution in [0.4, 0.5) is 0 Å². The summed E-state index contributed by atoms with van der Waals surface area (Å²) < 4.78 is 0. The Bertz CT molecular complexity index is 499. The van der Waals surface area contributed by atoms with E-state index in [1.807, 2.05) is 7.05 Å². The fourth-order valence-electron chi connectivity index (χ4n) is 4.59. The van der Waals surface area contributed by atoms with Crippen LogP contribution in [0.5, 0.6) is 0 Å². The molecular weight excluding hydrogens is 364 g/mol. The molecule has 7 nitrogen and oxygen atoms in total. The van der Waals surface area contributed by atoms with Crippen molar-refractivity contribution >= 4 is 11.9 Å². The van der Waals surface area contributed by atoms with Crippen molar-refractivity contribution in [1.82, 2.24) is 25.3 Å². The van der Waals surface area contributed by atoms with E-state index in [-0.39, 0.29) is 0 Å². The van der Waals surface area contributed by atoms with E-state index in [4.69, 9.17) is 0 Å². The topological polar surface area (TPSA) is 63.2 Å². The number of amides is 1. The van der Waals surface area contributed by atoms with Crippen LogP contribution in [0.1, 0.15) is 53.4 Å². The van der Waals surface area contributed by atoms with Crippen LogP contribution in [-0.2, 0) is 4.79 Å². The molecule has 2 aliphatic rings. The second kappa shape index (κ2) is 12.4. The van der Waals surface area contributed by atoms with Gasteiger partial charge in [-0.15, -0.1) is 0 Å². The van der Waals surface area contributed by atoms with E-state index in [9.17, 15) is 4.79 Å². The minimum absolute atomic E-state index is 0.305. The van der Waals surface area contributed by atoms with Crippen molar-refractivity contribution in [2.75, 3.05) is 59.4 Å². The molecule has 2 fully saturated rings. The quantitative estimate of drug-likeness (QED) is 0.448. The molecule has 0 unspecified atom stereocenters. The number of carbonyl (C=O) groups is 1. The number of guanidine groups is 1. The normalized spacial score (nSPS) is 19.6. The van der Waals surface area contributed by atoms with Crippen molar-refractivity contribution in [3.63, 3.8) is 0 Å². The fraction of sp³-hybridized carbons (Fsp3) is 0.909. The summed E-state index contributed by atoms with van der Waals surface area (Å²) in [5.41, 5.74) is 0. The third kappa shape index (κ3) is 7.78. The number of piperazine rings is 1. The van der Waals surface area contributed by atoms with E-state index >= 15 is 0 Å². The van der Waals surface area contributed by atoms with Gasteiger partial charge < -0.3 is 15.5 Å². The molecule has 0 bridgehead atoms. The maximum Gasteiger partial charge on any atom is 0.225 e. The Morgan fingerprint density at radius 1 is 1.00 bits per heavy atom. The highest BCUT2D eigenvalue weighted by Gasteiger charge is 2.29. The maximum absolute atomic E-state index is 12.5. The second-order valence-electron chi connectivity index (χ2n) is 9.00. The van der Waals surface area contributed by atoms with E-state index in [2.05, 4.69) is 58.0 Å². The highest BCUT2D eigenvalue weighted by atomic mass is 16.2. The van der Waals surface area contributed by atoms with E-state index in [0.717, 1.165) is 71.2 Å². The van der Waals surface area contributed by atoms with Gasteiger partial charge in [-0.1, -0.05) is 12.8 Å². The average molecular weight is 409 g/mol. The Labute approximate surface area is 178 Å². The van der Waals surface area contributed by atoms with Crippen molar-refractivity contribution in [1.29, 1.82) is 0 Å². The maximum atomic E-state index is 12.5. The molecule has 1 heterocycles. The number of nitrogens with zero attached hydrogens (tertiary/aromatic N) is 4. The Hall–Kier alpha value is -1.34. The third-order valence-corrected chi connectivity index (χ3v) is 6.32. The van der Waals surface area contributed by atoms with Crippen LogP contribution in [0, 0.1) is 5.92 Å². The van der Waals surface area contributed by atoms with Crippen LogP contribution in [0.15, 0.2) is 4.99 Å². The Balaban J connectivity index is 1.60. The van der Waals surface area contributed by atoms with Gasteiger partial charge in [0.05, 0.1) is 0 Å². The van der Waals surface area contributed by atoms with Crippen LogP contribution in [0.2, 0.25) is 0 Å². The molecule has 7 heteroatoms. The molecule has 0 spiro atoms. The van der Waals surface area contributed by atoms with Crippen LogP contribution in [0.3, 0.4) is 0 Å². The van der Waals surface area contributed by atoms with E-state index in [1.54, 1.807) is 0 Å². The number of carbonyl (C=O) groups excluding carboxylic acids is 1. The van der Waals surface area contributed by atoms with Gasteiger partial charge in [-0.3, -0.25) is 19.6 Å². The average Bonchev–Trinajstić information content (AvgIpc) is 3.24. The Morgan fingerprint density at radius 3 is 2.14 bits per heavy atom. The predicted molar refractivity (Wildman–Crippen MR) is 121 cm³/mol. The minimum atomic E-state index is 0.305. The van der Waals surface area contributed by atoms with E-state index in [1.165, 1.54) is 12.8 Å². The smallest absolute Gasteiger partial charge is 0.225 e. The Morgan fingerprint density at radius 2 is 1.59 bits per heavy atom. The van der Waals surface area contributed by atoms with Crippen LogP contribution < -0.4 is 10.6 Å². The largest absolute Gasteiger partial charge is 0.355 e. The highest BCUT2D eigenvalue weighted by Crippen LogP contribution is 2.26. The van der Waals surface area contributed by atoms with Gasteiger partial charge in [0, 0.05) is 77.4 Å². The lowest BCUT2D eigenvalue weighted by atomic mass is 10.1. The summed E-state index contributed by atoms with van der Waals surface area (Å²) >= 11 is 0. The zero-order valence-corrected chi connectivity index (χ0v) is 19.4. The molecule has 0 aromatic rings. The van der Waals surface area contributed by atoms with Gasteiger partial charge in [0.2, 0.25) is 5.91 Å². The van der Waals surface area contributed by atoms with Crippen LogP contribution in [0.25, 0.3) is 0 Å². The monoisotopic (exact) mass is 408 g/mol. The molecule has 1 saturated heterocycles. The molecule has 0 atom stereocenters. The molecule has 0 aromatic heterocycles. The van der Waals surface area contributed by atoms with Crippen molar-refractivity contribution in [3.8, 4) is 0 Å². The van der Waals surface area contributed by atoms with Crippen molar-refractivity contribution in [2.24, 2.45) is 10.9 Å². The standard InChI is InChI=1S/C22H44N6O/c1-18(2)28(19(3)4)13-11-25-22(23-5)24-10-12-26-14-16-27(17-15-26)21(29)20-8-6-7-9-20/h18-20H,6-17H2,1-5H3,(H2,23,24,25). The van der Waals surface area contributed by atoms with Gasteiger partial charge >= 0.3 is 0 Å². The fourth-order valence-corrected chi connectivity index (χ4v) is 4.59. The zero-order chi connectivity index (χ0) is 21.2. The first-order chi connectivity index (χ1) is 13.9. The van der Waals surface area contributed by atoms with Gasteiger partial charge in [0.15, 0.2) is 5.96 Å². The summed E-state index contributed by atoms with van der Waals surface area (Å²) in [6.07, 6.45) is 4.65. The number of hydrogen-bond donors (Lipinski definition) is 2. The Kier molecular flexibility index (Phi) is 10.2. The molecule has 0 radical (unpaired) electrons. The van der Waals surface area contributed by atoms with Crippen molar-refractivity contribution < 1.29 is 4.79 Å². The number of hydrogen-bond acceptors (Lipinski definition) is 4. The lowest BCUT2D eigenvalue weighted by molar-refractivity contribution is -0.137. The molecule has 168 valence electrons. The van der Waals surface area contributed by atoms with Gasteiger partial charge in [-0.05, 0) is 40.5 Å². The van der Waals surface area contributed by atoms with Crippen molar-refractivity contribution in [2.45, 2.75) is 65.5 Å². The predicted octanol–water partition coefficient (Wildman–Crippen LogP) is 1.60. The van der Waals surface area contributed by atoms with Gasteiger partial charge in [0.1, 0.15) is 0 Å². The van der Waals surface area contributed by atoms with Gasteiger partial charge in [-0.2, -0.15) is 0 Å². The summed E-state index contributed by atoms with van der Waals surface area (Å²) in [6.45, 7) is 16.4. The number of nitrogens with one attached hydrogen (secondary N) is 2. The zero-order valence-electron chi connectivity index (χ0n) is 19.4. The SMILES string of the molecule is CN=C(NCCN1CCN(C(=O)C2CCCC2)CC1)NCCN(C(C)C)C(C)C. The molecule has 29 heavy (non-hydrogen) atoms. The molecule has 1 aliphatic carbocycles. The first-order valence-electron chi connectivity index (χ1n) is 11.6. The van der Waals surface area contributed by atoms with Crippen LogP contribution >= 0.6 is 0 Å². The summed E-state index contributed by atoms with van der Waals surface area (Å²) in [6, 6.07) is 1.09. The molecule has 1 saturated carbocycles. The molecular formula is C22H44N6O. The molecule has 2 N–H and O–H groups in total. The summed E-state index contributed by atoms with van der Waals surface area (Å²) in [5, 5.41) is 6.85. The summed E-state index contributed by atoms with van der Waals surface area (Å²) in [4.78, 5) is 23.9. The first kappa shape index (κ1) is 23.9. The second-order valence-corrected chi connectivity index (χ2v) is 9.00. The van der Waals surface area contributed by atoms with E-state index in [0.29, 0.717) is 23.9 Å². The lowest BCUT2D eigenvalue weighted by Crippen LogP contribution is -2.52. The highest BCUT2D eigenvalue weighted by molar-refractivity contribution is 5.79. The number of aliphatic imine (C=N–C) groups is 1. The molecule has 0 aromatic carbocycles. The van der Waals surface area contributed by atoms with E-state index < -0.39 is 0 Å². The number of rotatable bonds is 9. The van der Waals surface area contributed by atoms with Gasteiger partial charge in [0.25, 0.3) is 0 Å². The minimum Gasteiger partial charge on any atom is -0.355 e. The molecule has 1 amide bonds.